The average Bonchev–Trinajstić information content (AvgIpc) is 2.61. The number of carboxylic acid groups (broad SMARTS) is 1. The van der Waals surface area contributed by atoms with Crippen molar-refractivity contribution < 1.29 is 9.90 Å². The summed E-state index contributed by atoms with van der Waals surface area (Å²) in [5.74, 6) is -0.991. The molecule has 0 bridgehead atoms. The van der Waals surface area contributed by atoms with Gasteiger partial charge in [0.25, 0.3) is 0 Å². The summed E-state index contributed by atoms with van der Waals surface area (Å²) < 4.78 is 1.58. The number of hydrogen-bond donors (Lipinski definition) is 1. The Morgan fingerprint density at radius 3 is 2.69 bits per heavy atom. The van der Waals surface area contributed by atoms with Crippen LogP contribution in [0.15, 0.2) is 36.5 Å². The summed E-state index contributed by atoms with van der Waals surface area (Å²) in [4.78, 5) is 11.0. The first kappa shape index (κ1) is 10.8. The zero-order valence-electron chi connectivity index (χ0n) is 8.64. The number of aromatic carboxylic acids is 1. The van der Waals surface area contributed by atoms with Gasteiger partial charge in [-0.1, -0.05) is 29.8 Å². The number of hydrogen-bond acceptors (Lipinski definition) is 1. The largest absolute Gasteiger partial charge is 0.477 e. The maximum Gasteiger partial charge on any atom is 0.352 e. The molecule has 0 spiro atoms. The van der Waals surface area contributed by atoms with Gasteiger partial charge in [0.15, 0.2) is 0 Å². The Labute approximate surface area is 97.9 Å². The molecule has 82 valence electrons. The van der Waals surface area contributed by atoms with E-state index in [1.807, 2.05) is 31.2 Å². The molecule has 0 saturated carbocycles. The minimum Gasteiger partial charge on any atom is -0.477 e. The molecule has 4 heteroatoms. The monoisotopic (exact) mass is 235 g/mol. The summed E-state index contributed by atoms with van der Waals surface area (Å²) in [5.41, 5.74) is 1.99. The molecule has 1 N–H and O–H groups in total. The summed E-state index contributed by atoms with van der Waals surface area (Å²) in [6.07, 6.45) is 1.60. The van der Waals surface area contributed by atoms with E-state index in [4.69, 9.17) is 16.7 Å². The summed E-state index contributed by atoms with van der Waals surface area (Å²) in [6, 6.07) is 9.00. The number of rotatable bonds is 2. The first-order valence-corrected chi connectivity index (χ1v) is 5.14. The topological polar surface area (TPSA) is 42.2 Å². The summed E-state index contributed by atoms with van der Waals surface area (Å²) in [6.45, 7) is 1.93. The molecule has 0 atom stereocenters. The van der Waals surface area contributed by atoms with Gasteiger partial charge in [-0.05, 0) is 24.6 Å². The molecule has 0 aliphatic carbocycles. The van der Waals surface area contributed by atoms with Gasteiger partial charge in [-0.15, -0.1) is 0 Å². The maximum atomic E-state index is 11.0. The summed E-state index contributed by atoms with van der Waals surface area (Å²) in [5, 5.41) is 9.47. The van der Waals surface area contributed by atoms with Gasteiger partial charge < -0.3 is 9.67 Å². The van der Waals surface area contributed by atoms with Crippen LogP contribution in [0.5, 0.6) is 0 Å². The molecule has 3 nitrogen and oxygen atoms in total. The molecule has 0 aliphatic rings. The van der Waals surface area contributed by atoms with E-state index in [-0.39, 0.29) is 5.69 Å². The third-order valence-electron chi connectivity index (χ3n) is 2.38. The molecular formula is C12H10ClNO2. The Morgan fingerprint density at radius 1 is 1.38 bits per heavy atom. The molecule has 16 heavy (non-hydrogen) atoms. The second-order valence-electron chi connectivity index (χ2n) is 3.51. The van der Waals surface area contributed by atoms with Crippen LogP contribution in [0, 0.1) is 6.92 Å². The van der Waals surface area contributed by atoms with Crippen LogP contribution in [0.1, 0.15) is 16.1 Å². The third kappa shape index (κ3) is 1.82. The molecule has 0 aliphatic heterocycles. The van der Waals surface area contributed by atoms with Crippen molar-refractivity contribution in [2.24, 2.45) is 0 Å². The molecule has 0 radical (unpaired) electrons. The number of halogens is 1. The molecule has 1 heterocycles. The first-order valence-electron chi connectivity index (χ1n) is 4.77. The highest BCUT2D eigenvalue weighted by molar-refractivity contribution is 6.31. The van der Waals surface area contributed by atoms with Crippen LogP contribution in [0.2, 0.25) is 5.02 Å². The van der Waals surface area contributed by atoms with Crippen molar-refractivity contribution in [3.8, 4) is 5.69 Å². The van der Waals surface area contributed by atoms with Crippen LogP contribution in [0.3, 0.4) is 0 Å². The zero-order chi connectivity index (χ0) is 11.7. The molecule has 0 fully saturated rings. The Balaban J connectivity index is 2.64. The van der Waals surface area contributed by atoms with Gasteiger partial charge in [0.2, 0.25) is 0 Å². The predicted molar refractivity (Wildman–Crippen MR) is 62.5 cm³/mol. The minimum atomic E-state index is -0.991. The van der Waals surface area contributed by atoms with Crippen molar-refractivity contribution in [3.63, 3.8) is 0 Å². The van der Waals surface area contributed by atoms with Crippen molar-refractivity contribution in [1.29, 1.82) is 0 Å². The minimum absolute atomic E-state index is 0.166. The van der Waals surface area contributed by atoms with Gasteiger partial charge in [-0.2, -0.15) is 0 Å². The van der Waals surface area contributed by atoms with Gasteiger partial charge in [0.05, 0.1) is 5.02 Å². The highest BCUT2D eigenvalue weighted by Gasteiger charge is 2.13. The Hall–Kier alpha value is -1.74. The number of para-hydroxylation sites is 1. The van der Waals surface area contributed by atoms with Crippen LogP contribution >= 0.6 is 11.6 Å². The Bertz CT molecular complexity index is 546. The van der Waals surface area contributed by atoms with Crippen LogP contribution in [0.25, 0.3) is 5.69 Å². The quantitative estimate of drug-likeness (QED) is 0.869. The normalized spacial score (nSPS) is 10.4. The molecule has 2 rings (SSSR count). The summed E-state index contributed by atoms with van der Waals surface area (Å²) in [7, 11) is 0. The zero-order valence-corrected chi connectivity index (χ0v) is 9.40. The van der Waals surface area contributed by atoms with Gasteiger partial charge in [0.1, 0.15) is 5.69 Å². The van der Waals surface area contributed by atoms with E-state index in [0.717, 1.165) is 11.3 Å². The van der Waals surface area contributed by atoms with E-state index in [1.165, 1.54) is 6.07 Å². The number of benzene rings is 1. The number of aromatic nitrogens is 1. The van der Waals surface area contributed by atoms with Crippen molar-refractivity contribution in [1.82, 2.24) is 4.57 Å². The number of aryl methyl sites for hydroxylation is 1. The fourth-order valence-electron chi connectivity index (χ4n) is 1.63. The number of carboxylic acids is 1. The molecular weight excluding hydrogens is 226 g/mol. The van der Waals surface area contributed by atoms with Crippen LogP contribution in [-0.2, 0) is 0 Å². The van der Waals surface area contributed by atoms with E-state index < -0.39 is 5.97 Å². The van der Waals surface area contributed by atoms with E-state index in [2.05, 4.69) is 0 Å². The molecule has 0 saturated heterocycles. The van der Waals surface area contributed by atoms with Crippen molar-refractivity contribution >= 4 is 17.6 Å². The van der Waals surface area contributed by atoms with Crippen LogP contribution < -0.4 is 0 Å². The lowest BCUT2D eigenvalue weighted by Crippen LogP contribution is -2.06. The van der Waals surface area contributed by atoms with Crippen molar-refractivity contribution in [2.75, 3.05) is 0 Å². The third-order valence-corrected chi connectivity index (χ3v) is 2.59. The number of carbonyl (C=O) groups is 1. The Morgan fingerprint density at radius 2 is 2.06 bits per heavy atom. The van der Waals surface area contributed by atoms with Gasteiger partial charge in [-0.25, -0.2) is 4.79 Å². The summed E-state index contributed by atoms with van der Waals surface area (Å²) >= 11 is 5.83. The average molecular weight is 236 g/mol. The highest BCUT2D eigenvalue weighted by atomic mass is 35.5. The molecule has 0 unspecified atom stereocenters. The second-order valence-corrected chi connectivity index (χ2v) is 3.94. The first-order chi connectivity index (χ1) is 7.59. The SMILES string of the molecule is Cc1ccccc1-n1cc(Cl)cc1C(=O)O. The van der Waals surface area contributed by atoms with Crippen molar-refractivity contribution in [3.05, 3.63) is 52.8 Å². The van der Waals surface area contributed by atoms with Crippen molar-refractivity contribution in [2.45, 2.75) is 6.92 Å². The number of nitrogens with zero attached hydrogens (tertiary/aromatic N) is 1. The standard InChI is InChI=1S/C12H10ClNO2/c1-8-4-2-3-5-10(8)14-7-9(13)6-11(14)12(15)16/h2-7H,1H3,(H,15,16). The van der Waals surface area contributed by atoms with E-state index in [1.54, 1.807) is 10.8 Å². The lowest BCUT2D eigenvalue weighted by atomic mass is 10.2. The van der Waals surface area contributed by atoms with Gasteiger partial charge >= 0.3 is 5.97 Å². The highest BCUT2D eigenvalue weighted by Crippen LogP contribution is 2.21. The molecule has 2 aromatic rings. The van der Waals surface area contributed by atoms with Gasteiger partial charge in [-0.3, -0.25) is 0 Å². The van der Waals surface area contributed by atoms with Gasteiger partial charge in [0, 0.05) is 11.9 Å². The molecule has 0 amide bonds. The fourth-order valence-corrected chi connectivity index (χ4v) is 1.83. The van der Waals surface area contributed by atoms with Crippen LogP contribution in [0.4, 0.5) is 0 Å². The smallest absolute Gasteiger partial charge is 0.352 e. The van der Waals surface area contributed by atoms with Crippen LogP contribution in [-0.4, -0.2) is 15.6 Å². The van der Waals surface area contributed by atoms with E-state index in [9.17, 15) is 4.79 Å². The Kier molecular flexibility index (Phi) is 2.71. The molecule has 1 aromatic carbocycles. The van der Waals surface area contributed by atoms with E-state index >= 15 is 0 Å². The molecule has 1 aromatic heterocycles. The fraction of sp³-hybridized carbons (Fsp3) is 0.0833. The lowest BCUT2D eigenvalue weighted by molar-refractivity contribution is 0.0688. The lowest BCUT2D eigenvalue weighted by Gasteiger charge is -2.08. The predicted octanol–water partition coefficient (Wildman–Crippen LogP) is 3.14. The maximum absolute atomic E-state index is 11.0. The van der Waals surface area contributed by atoms with E-state index in [0.29, 0.717) is 5.02 Å². The second kappa shape index (κ2) is 4.02.